The van der Waals surface area contributed by atoms with Gasteiger partial charge in [-0.1, -0.05) is 65.1 Å². The Balaban J connectivity index is 1.68. The zero-order valence-corrected chi connectivity index (χ0v) is 18.9. The molecule has 160 valence electrons. The van der Waals surface area contributed by atoms with Crippen molar-refractivity contribution in [3.8, 4) is 0 Å². The summed E-state index contributed by atoms with van der Waals surface area (Å²) in [6, 6.07) is 20.1. The van der Waals surface area contributed by atoms with Crippen LogP contribution < -0.4 is 4.90 Å². The summed E-state index contributed by atoms with van der Waals surface area (Å²) >= 11 is 18.7. The fraction of sp³-hybridized carbons (Fsp3) is 0.208. The number of aliphatic hydroxyl groups is 1. The van der Waals surface area contributed by atoms with E-state index in [1.807, 2.05) is 53.4 Å². The number of hydrogen-bond donors (Lipinski definition) is 1. The number of piperazine rings is 1. The zero-order valence-electron chi connectivity index (χ0n) is 16.6. The second kappa shape index (κ2) is 9.49. The lowest BCUT2D eigenvalue weighted by Gasteiger charge is -2.43. The molecule has 1 aliphatic rings. The van der Waals surface area contributed by atoms with Gasteiger partial charge in [-0.2, -0.15) is 0 Å². The molecule has 3 aromatic rings. The summed E-state index contributed by atoms with van der Waals surface area (Å²) in [5, 5.41) is 11.4. The predicted molar refractivity (Wildman–Crippen MR) is 126 cm³/mol. The molecular weight excluding hydrogens is 455 g/mol. The van der Waals surface area contributed by atoms with Gasteiger partial charge in [-0.25, -0.2) is 0 Å². The van der Waals surface area contributed by atoms with E-state index in [1.165, 1.54) is 0 Å². The number of anilines is 1. The number of nitrogens with zero attached hydrogens (tertiary/aromatic N) is 2. The van der Waals surface area contributed by atoms with Crippen molar-refractivity contribution in [2.45, 2.75) is 12.6 Å². The highest BCUT2D eigenvalue weighted by atomic mass is 35.5. The van der Waals surface area contributed by atoms with Gasteiger partial charge in [0.2, 0.25) is 0 Å². The monoisotopic (exact) mass is 474 g/mol. The molecule has 1 unspecified atom stereocenters. The summed E-state index contributed by atoms with van der Waals surface area (Å²) in [5.74, 6) is -0.0922. The molecule has 0 spiro atoms. The minimum Gasteiger partial charge on any atom is -0.392 e. The quantitative estimate of drug-likeness (QED) is 0.515. The van der Waals surface area contributed by atoms with Gasteiger partial charge in [0.1, 0.15) is 0 Å². The molecule has 31 heavy (non-hydrogen) atoms. The summed E-state index contributed by atoms with van der Waals surface area (Å²) in [5.41, 5.74) is 3.05. The average molecular weight is 476 g/mol. The molecule has 4 rings (SSSR count). The molecule has 0 aliphatic carbocycles. The Morgan fingerprint density at radius 1 is 0.935 bits per heavy atom. The fourth-order valence-electron chi connectivity index (χ4n) is 3.98. The third-order valence-electron chi connectivity index (χ3n) is 5.56. The number of amides is 1. The smallest absolute Gasteiger partial charge is 0.254 e. The van der Waals surface area contributed by atoms with Gasteiger partial charge in [-0.05, 0) is 47.5 Å². The van der Waals surface area contributed by atoms with Crippen LogP contribution in [0.1, 0.15) is 27.5 Å². The molecule has 1 N–H and O–H groups in total. The van der Waals surface area contributed by atoms with Crippen molar-refractivity contribution < 1.29 is 9.90 Å². The SMILES string of the molecule is O=C(c1ccccc1CO)N1CCN(c2ccc(Cl)cc2Cl)C(c2ccc(Cl)cc2)C1. The highest BCUT2D eigenvalue weighted by Gasteiger charge is 2.32. The van der Waals surface area contributed by atoms with Crippen LogP contribution in [0.2, 0.25) is 15.1 Å². The van der Waals surface area contributed by atoms with Gasteiger partial charge in [0.05, 0.1) is 23.4 Å². The van der Waals surface area contributed by atoms with Crippen molar-refractivity contribution >= 4 is 46.4 Å². The minimum atomic E-state index is -0.178. The molecule has 1 atom stereocenters. The summed E-state index contributed by atoms with van der Waals surface area (Å²) in [6.07, 6.45) is 0. The van der Waals surface area contributed by atoms with E-state index in [2.05, 4.69) is 4.90 Å². The Hall–Kier alpha value is -2.24. The van der Waals surface area contributed by atoms with Crippen LogP contribution >= 0.6 is 34.8 Å². The third kappa shape index (κ3) is 4.68. The van der Waals surface area contributed by atoms with Gasteiger partial charge < -0.3 is 14.9 Å². The minimum absolute atomic E-state index is 0.0922. The van der Waals surface area contributed by atoms with Crippen LogP contribution in [0.4, 0.5) is 5.69 Å². The fourth-order valence-corrected chi connectivity index (χ4v) is 4.62. The number of aliphatic hydroxyl groups excluding tert-OH is 1. The molecule has 1 amide bonds. The van der Waals surface area contributed by atoms with E-state index < -0.39 is 0 Å². The topological polar surface area (TPSA) is 43.8 Å². The standard InChI is InChI=1S/C24H21Cl3N2O2/c25-18-7-5-16(6-8-18)23-14-28(24(31)20-4-2-1-3-17(20)15-30)11-12-29(23)22-10-9-19(26)13-21(22)27/h1-10,13,23,30H,11-12,14-15H2. The average Bonchev–Trinajstić information content (AvgIpc) is 2.79. The van der Waals surface area contributed by atoms with Gasteiger partial charge in [-0.15, -0.1) is 0 Å². The van der Waals surface area contributed by atoms with Crippen molar-refractivity contribution in [3.63, 3.8) is 0 Å². The molecule has 1 heterocycles. The van der Waals surface area contributed by atoms with E-state index >= 15 is 0 Å². The molecule has 4 nitrogen and oxygen atoms in total. The van der Waals surface area contributed by atoms with E-state index in [0.29, 0.717) is 45.8 Å². The maximum absolute atomic E-state index is 13.3. The molecule has 7 heteroatoms. The first-order valence-electron chi connectivity index (χ1n) is 9.93. The van der Waals surface area contributed by atoms with E-state index in [1.54, 1.807) is 18.2 Å². The highest BCUT2D eigenvalue weighted by molar-refractivity contribution is 6.36. The van der Waals surface area contributed by atoms with Crippen LogP contribution in [-0.4, -0.2) is 35.5 Å². The van der Waals surface area contributed by atoms with Gasteiger partial charge in [0.25, 0.3) is 5.91 Å². The number of rotatable bonds is 4. The van der Waals surface area contributed by atoms with Crippen molar-refractivity contribution in [1.82, 2.24) is 4.90 Å². The first-order valence-corrected chi connectivity index (χ1v) is 11.1. The number of halogens is 3. The van der Waals surface area contributed by atoms with Crippen molar-refractivity contribution in [2.24, 2.45) is 0 Å². The molecule has 0 saturated carbocycles. The summed E-state index contributed by atoms with van der Waals surface area (Å²) < 4.78 is 0. The highest BCUT2D eigenvalue weighted by Crippen LogP contribution is 2.37. The van der Waals surface area contributed by atoms with Gasteiger partial charge in [0, 0.05) is 35.2 Å². The lowest BCUT2D eigenvalue weighted by molar-refractivity contribution is 0.0718. The second-order valence-electron chi connectivity index (χ2n) is 7.42. The maximum atomic E-state index is 13.3. The van der Waals surface area contributed by atoms with Gasteiger partial charge >= 0.3 is 0 Å². The van der Waals surface area contributed by atoms with Crippen LogP contribution in [0, 0.1) is 0 Å². The van der Waals surface area contributed by atoms with E-state index in [0.717, 1.165) is 11.3 Å². The third-order valence-corrected chi connectivity index (χ3v) is 6.35. The molecule has 1 aliphatic heterocycles. The molecule has 3 aromatic carbocycles. The number of carbonyl (C=O) groups excluding carboxylic acids is 1. The lowest BCUT2D eigenvalue weighted by Crippen LogP contribution is -2.50. The maximum Gasteiger partial charge on any atom is 0.254 e. The van der Waals surface area contributed by atoms with Crippen molar-refractivity contribution in [3.05, 3.63) is 98.5 Å². The molecule has 0 aromatic heterocycles. The van der Waals surface area contributed by atoms with Gasteiger partial charge in [0.15, 0.2) is 0 Å². The first-order chi connectivity index (χ1) is 15.0. The molecule has 0 radical (unpaired) electrons. The number of benzene rings is 3. The van der Waals surface area contributed by atoms with Crippen LogP contribution in [0.3, 0.4) is 0 Å². The normalized spacial score (nSPS) is 16.5. The Labute approximate surface area is 196 Å². The van der Waals surface area contributed by atoms with Crippen LogP contribution in [0.25, 0.3) is 0 Å². The molecule has 0 bridgehead atoms. The van der Waals surface area contributed by atoms with Crippen LogP contribution in [0.5, 0.6) is 0 Å². The molecular formula is C24H21Cl3N2O2. The zero-order chi connectivity index (χ0) is 22.0. The molecule has 1 fully saturated rings. The molecule has 1 saturated heterocycles. The van der Waals surface area contributed by atoms with Crippen molar-refractivity contribution in [2.75, 3.05) is 24.5 Å². The summed E-state index contributed by atoms with van der Waals surface area (Å²) in [6.45, 7) is 1.42. The number of carbonyl (C=O) groups is 1. The Bertz CT molecular complexity index is 1090. The predicted octanol–water partition coefficient (Wildman–Crippen LogP) is 5.84. The van der Waals surface area contributed by atoms with E-state index in [9.17, 15) is 9.90 Å². The van der Waals surface area contributed by atoms with Crippen LogP contribution in [-0.2, 0) is 6.61 Å². The lowest BCUT2D eigenvalue weighted by atomic mass is 9.99. The summed E-state index contributed by atoms with van der Waals surface area (Å²) in [7, 11) is 0. The number of hydrogen-bond acceptors (Lipinski definition) is 3. The Morgan fingerprint density at radius 2 is 1.65 bits per heavy atom. The largest absolute Gasteiger partial charge is 0.392 e. The van der Waals surface area contributed by atoms with Crippen LogP contribution in [0.15, 0.2) is 66.7 Å². The van der Waals surface area contributed by atoms with E-state index in [-0.39, 0.29) is 18.6 Å². The van der Waals surface area contributed by atoms with Crippen molar-refractivity contribution in [1.29, 1.82) is 0 Å². The summed E-state index contributed by atoms with van der Waals surface area (Å²) in [4.78, 5) is 17.3. The van der Waals surface area contributed by atoms with Gasteiger partial charge in [-0.3, -0.25) is 4.79 Å². The second-order valence-corrected chi connectivity index (χ2v) is 8.70. The van der Waals surface area contributed by atoms with E-state index in [4.69, 9.17) is 34.8 Å². The Morgan fingerprint density at radius 3 is 2.35 bits per heavy atom. The first kappa shape index (κ1) is 22.0. The Kier molecular flexibility index (Phi) is 6.73.